The summed E-state index contributed by atoms with van der Waals surface area (Å²) in [6.45, 7) is 5.71. The van der Waals surface area contributed by atoms with E-state index in [1.165, 1.54) is 0 Å². The van der Waals surface area contributed by atoms with Gasteiger partial charge in [0.15, 0.2) is 0 Å². The summed E-state index contributed by atoms with van der Waals surface area (Å²) in [6.07, 6.45) is -2.04. The Bertz CT molecular complexity index is 706. The summed E-state index contributed by atoms with van der Waals surface area (Å²) in [4.78, 5) is 16.7. The Balaban J connectivity index is 1.43. The molecule has 0 aliphatic carbocycles. The number of hydrogen-bond acceptors (Lipinski definition) is 3. The van der Waals surface area contributed by atoms with Gasteiger partial charge in [-0.1, -0.05) is 19.1 Å². The Labute approximate surface area is 157 Å². The van der Waals surface area contributed by atoms with Crippen molar-refractivity contribution in [1.82, 2.24) is 9.80 Å². The number of likely N-dealkylation sites (tertiary alicyclic amines) is 1. The van der Waals surface area contributed by atoms with Gasteiger partial charge in [0.1, 0.15) is 5.72 Å². The lowest BCUT2D eigenvalue weighted by atomic mass is 9.86. The van der Waals surface area contributed by atoms with E-state index in [0.717, 1.165) is 50.2 Å². The van der Waals surface area contributed by atoms with Gasteiger partial charge < -0.3 is 9.64 Å². The third-order valence-electron chi connectivity index (χ3n) is 6.36. The summed E-state index contributed by atoms with van der Waals surface area (Å²) in [5.74, 6) is 0.712. The standard InChI is InChI=1S/C20H25F3N2O2/c1-2-14-11-25-18(26)9-17-12-24(8-7-19(17,25)27-13-14)10-15-3-5-16(6-4-15)20(21,22)23/h3-6,14,17H,2,7-13H2,1H3/t14-,17-,19-/m1/s1. The van der Waals surface area contributed by atoms with Crippen molar-refractivity contribution in [2.24, 2.45) is 11.8 Å². The molecular formula is C20H25F3N2O2. The van der Waals surface area contributed by atoms with Crippen LogP contribution in [0.4, 0.5) is 13.2 Å². The van der Waals surface area contributed by atoms with Gasteiger partial charge in [0.2, 0.25) is 5.91 Å². The van der Waals surface area contributed by atoms with Gasteiger partial charge in [-0.2, -0.15) is 13.2 Å². The molecule has 0 bridgehead atoms. The van der Waals surface area contributed by atoms with Gasteiger partial charge in [-0.25, -0.2) is 0 Å². The Morgan fingerprint density at radius 2 is 1.96 bits per heavy atom. The number of carbonyl (C=O) groups excluding carboxylic acids is 1. The quantitative estimate of drug-likeness (QED) is 0.802. The highest BCUT2D eigenvalue weighted by Crippen LogP contribution is 2.46. The molecule has 7 heteroatoms. The van der Waals surface area contributed by atoms with Crippen molar-refractivity contribution in [1.29, 1.82) is 0 Å². The molecule has 0 N–H and O–H groups in total. The van der Waals surface area contributed by atoms with E-state index in [1.54, 1.807) is 12.1 Å². The summed E-state index contributed by atoms with van der Waals surface area (Å²) in [5, 5.41) is 0. The van der Waals surface area contributed by atoms with Crippen LogP contribution in [0.1, 0.15) is 37.3 Å². The molecule has 27 heavy (non-hydrogen) atoms. The maximum Gasteiger partial charge on any atom is 0.416 e. The van der Waals surface area contributed by atoms with Gasteiger partial charge in [0, 0.05) is 44.9 Å². The number of nitrogens with zero attached hydrogens (tertiary/aromatic N) is 2. The minimum atomic E-state index is -4.31. The number of rotatable bonds is 3. The van der Waals surface area contributed by atoms with Crippen LogP contribution in [0.25, 0.3) is 0 Å². The molecule has 3 aliphatic heterocycles. The third-order valence-corrected chi connectivity index (χ3v) is 6.36. The molecule has 4 nitrogen and oxygen atoms in total. The molecule has 3 heterocycles. The zero-order chi connectivity index (χ0) is 19.2. The number of carbonyl (C=O) groups is 1. The number of amides is 1. The predicted octanol–water partition coefficient (Wildman–Crippen LogP) is 3.51. The number of benzene rings is 1. The van der Waals surface area contributed by atoms with Crippen LogP contribution in [0.5, 0.6) is 0 Å². The van der Waals surface area contributed by atoms with Gasteiger partial charge in [0.25, 0.3) is 0 Å². The fourth-order valence-corrected chi connectivity index (χ4v) is 4.72. The molecule has 0 aromatic heterocycles. The first-order chi connectivity index (χ1) is 12.8. The van der Waals surface area contributed by atoms with Crippen molar-refractivity contribution in [2.75, 3.05) is 26.2 Å². The highest BCUT2D eigenvalue weighted by molar-refractivity contribution is 5.80. The second-order valence-electron chi connectivity index (χ2n) is 8.02. The molecule has 0 radical (unpaired) electrons. The monoisotopic (exact) mass is 382 g/mol. The minimum absolute atomic E-state index is 0.131. The largest absolute Gasteiger partial charge is 0.416 e. The average Bonchev–Trinajstić information content (AvgIpc) is 2.92. The smallest absolute Gasteiger partial charge is 0.355 e. The molecule has 1 amide bonds. The Kier molecular flexibility index (Phi) is 4.71. The van der Waals surface area contributed by atoms with Gasteiger partial charge in [-0.15, -0.1) is 0 Å². The number of piperidine rings is 1. The van der Waals surface area contributed by atoms with E-state index in [4.69, 9.17) is 4.74 Å². The topological polar surface area (TPSA) is 32.8 Å². The van der Waals surface area contributed by atoms with Crippen molar-refractivity contribution in [3.05, 3.63) is 35.4 Å². The number of hydrogen-bond donors (Lipinski definition) is 0. The van der Waals surface area contributed by atoms with Gasteiger partial charge >= 0.3 is 6.18 Å². The van der Waals surface area contributed by atoms with Crippen LogP contribution in [0, 0.1) is 11.8 Å². The maximum absolute atomic E-state index is 12.7. The van der Waals surface area contributed by atoms with Crippen molar-refractivity contribution < 1.29 is 22.7 Å². The van der Waals surface area contributed by atoms with Gasteiger partial charge in [-0.05, 0) is 30.0 Å². The molecule has 0 unspecified atom stereocenters. The maximum atomic E-state index is 12.7. The molecule has 0 saturated carbocycles. The summed E-state index contributed by atoms with van der Waals surface area (Å²) < 4.78 is 44.4. The molecule has 1 aromatic carbocycles. The van der Waals surface area contributed by atoms with E-state index in [1.807, 2.05) is 4.90 Å². The van der Waals surface area contributed by atoms with Crippen LogP contribution >= 0.6 is 0 Å². The van der Waals surface area contributed by atoms with Crippen molar-refractivity contribution in [2.45, 2.75) is 44.6 Å². The first-order valence-electron chi connectivity index (χ1n) is 9.65. The highest BCUT2D eigenvalue weighted by atomic mass is 19.4. The number of ether oxygens (including phenoxy) is 1. The van der Waals surface area contributed by atoms with Crippen LogP contribution in [-0.4, -0.2) is 47.7 Å². The SMILES string of the molecule is CC[C@H]1CO[C@]23CCN(Cc4ccc(C(F)(F)F)cc4)C[C@H]2CC(=O)N3C1. The van der Waals surface area contributed by atoms with E-state index in [2.05, 4.69) is 11.8 Å². The highest BCUT2D eigenvalue weighted by Gasteiger charge is 2.58. The van der Waals surface area contributed by atoms with Crippen molar-refractivity contribution >= 4 is 5.91 Å². The van der Waals surface area contributed by atoms with Crippen LogP contribution in [0.2, 0.25) is 0 Å². The fraction of sp³-hybridized carbons (Fsp3) is 0.650. The molecule has 3 saturated heterocycles. The Hall–Kier alpha value is -1.60. The molecule has 3 atom stereocenters. The number of alkyl halides is 3. The average molecular weight is 382 g/mol. The Morgan fingerprint density at radius 3 is 2.63 bits per heavy atom. The summed E-state index contributed by atoms with van der Waals surface area (Å²) in [5.41, 5.74) is -0.225. The van der Waals surface area contributed by atoms with Gasteiger partial charge in [0.05, 0.1) is 12.2 Å². The van der Waals surface area contributed by atoms with Crippen LogP contribution in [-0.2, 0) is 22.3 Å². The predicted molar refractivity (Wildman–Crippen MR) is 93.6 cm³/mol. The number of halogens is 3. The second-order valence-corrected chi connectivity index (χ2v) is 8.02. The molecule has 3 aliphatic rings. The van der Waals surface area contributed by atoms with Crippen molar-refractivity contribution in [3.63, 3.8) is 0 Å². The summed E-state index contributed by atoms with van der Waals surface area (Å²) in [6, 6.07) is 5.36. The fourth-order valence-electron chi connectivity index (χ4n) is 4.72. The van der Waals surface area contributed by atoms with E-state index in [0.29, 0.717) is 25.5 Å². The summed E-state index contributed by atoms with van der Waals surface area (Å²) in [7, 11) is 0. The zero-order valence-electron chi connectivity index (χ0n) is 15.5. The van der Waals surface area contributed by atoms with E-state index >= 15 is 0 Å². The van der Waals surface area contributed by atoms with E-state index < -0.39 is 17.5 Å². The minimum Gasteiger partial charge on any atom is -0.355 e. The summed E-state index contributed by atoms with van der Waals surface area (Å²) >= 11 is 0. The lowest BCUT2D eigenvalue weighted by Crippen LogP contribution is -2.62. The second kappa shape index (κ2) is 6.78. The zero-order valence-corrected chi connectivity index (χ0v) is 15.5. The van der Waals surface area contributed by atoms with Crippen molar-refractivity contribution in [3.8, 4) is 0 Å². The van der Waals surface area contributed by atoms with Crippen LogP contribution in [0.15, 0.2) is 24.3 Å². The molecule has 1 spiro atoms. The lowest BCUT2D eigenvalue weighted by Gasteiger charge is -2.51. The molecular weight excluding hydrogens is 357 g/mol. The van der Waals surface area contributed by atoms with Crippen LogP contribution < -0.4 is 0 Å². The van der Waals surface area contributed by atoms with E-state index in [9.17, 15) is 18.0 Å². The molecule has 4 rings (SSSR count). The molecule has 3 fully saturated rings. The first kappa shape index (κ1) is 18.7. The first-order valence-corrected chi connectivity index (χ1v) is 9.65. The Morgan fingerprint density at radius 1 is 1.22 bits per heavy atom. The van der Waals surface area contributed by atoms with E-state index in [-0.39, 0.29) is 11.8 Å². The lowest BCUT2D eigenvalue weighted by molar-refractivity contribution is -0.224. The molecule has 1 aromatic rings. The van der Waals surface area contributed by atoms with Crippen LogP contribution in [0.3, 0.4) is 0 Å². The third kappa shape index (κ3) is 3.36. The normalized spacial score (nSPS) is 31.7. The molecule has 148 valence electrons. The van der Waals surface area contributed by atoms with Gasteiger partial charge in [-0.3, -0.25) is 9.69 Å².